The maximum absolute atomic E-state index is 12.7. The van der Waals surface area contributed by atoms with E-state index in [9.17, 15) is 9.59 Å². The molecule has 0 saturated carbocycles. The van der Waals surface area contributed by atoms with Crippen molar-refractivity contribution < 1.29 is 9.59 Å². The van der Waals surface area contributed by atoms with Gasteiger partial charge in [-0.25, -0.2) is 0 Å². The zero-order chi connectivity index (χ0) is 18.4. The molecule has 1 aromatic carbocycles. The van der Waals surface area contributed by atoms with E-state index in [0.717, 1.165) is 31.4 Å². The van der Waals surface area contributed by atoms with Gasteiger partial charge in [-0.15, -0.1) is 0 Å². The monoisotopic (exact) mass is 384 g/mol. The quantitative estimate of drug-likeness (QED) is 0.737. The van der Waals surface area contributed by atoms with Crippen LogP contribution in [0.4, 0.5) is 0 Å². The Morgan fingerprint density at radius 2 is 2.04 bits per heavy atom. The SMILES string of the molecule is CCC1CCCCN1C(=O)CN(CCc1ccc(Cl)cc1Cl)C(C)=O. The van der Waals surface area contributed by atoms with E-state index >= 15 is 0 Å². The summed E-state index contributed by atoms with van der Waals surface area (Å²) in [4.78, 5) is 28.2. The molecule has 1 aliphatic heterocycles. The standard InChI is InChI=1S/C19H26Cl2N2O2/c1-3-17-6-4-5-10-23(17)19(25)13-22(14(2)24)11-9-15-7-8-16(20)12-18(15)21/h7-8,12,17H,3-6,9-11,13H2,1-2H3. The molecule has 2 amide bonds. The Labute approximate surface area is 160 Å². The summed E-state index contributed by atoms with van der Waals surface area (Å²) in [5.41, 5.74) is 0.925. The lowest BCUT2D eigenvalue weighted by atomic mass is 10.00. The van der Waals surface area contributed by atoms with Crippen LogP contribution in [0.3, 0.4) is 0 Å². The molecule has 2 rings (SSSR count). The number of piperidine rings is 1. The van der Waals surface area contributed by atoms with Crippen LogP contribution in [-0.2, 0) is 16.0 Å². The first-order chi connectivity index (χ1) is 11.9. The van der Waals surface area contributed by atoms with Gasteiger partial charge >= 0.3 is 0 Å². The van der Waals surface area contributed by atoms with Crippen molar-refractivity contribution in [1.29, 1.82) is 0 Å². The zero-order valence-corrected chi connectivity index (χ0v) is 16.4. The largest absolute Gasteiger partial charge is 0.338 e. The number of carbonyl (C=O) groups excluding carboxylic acids is 2. The topological polar surface area (TPSA) is 40.6 Å². The molecule has 1 atom stereocenters. The summed E-state index contributed by atoms with van der Waals surface area (Å²) >= 11 is 12.1. The van der Waals surface area contributed by atoms with E-state index in [1.807, 2.05) is 11.0 Å². The summed E-state index contributed by atoms with van der Waals surface area (Å²) in [6.45, 7) is 5.02. The fraction of sp³-hybridized carbons (Fsp3) is 0.579. The van der Waals surface area contributed by atoms with Crippen molar-refractivity contribution in [3.8, 4) is 0 Å². The highest BCUT2D eigenvalue weighted by atomic mass is 35.5. The Kier molecular flexibility index (Phi) is 7.57. The van der Waals surface area contributed by atoms with Crippen molar-refractivity contribution in [2.45, 2.75) is 52.0 Å². The minimum Gasteiger partial charge on any atom is -0.338 e. The summed E-state index contributed by atoms with van der Waals surface area (Å²) < 4.78 is 0. The molecule has 138 valence electrons. The summed E-state index contributed by atoms with van der Waals surface area (Å²) in [5.74, 6) is -0.0487. The van der Waals surface area contributed by atoms with Gasteiger partial charge in [0, 0.05) is 36.1 Å². The number of halogens is 2. The third kappa shape index (κ3) is 5.61. The van der Waals surface area contributed by atoms with E-state index in [4.69, 9.17) is 23.2 Å². The second kappa shape index (κ2) is 9.44. The highest BCUT2D eigenvalue weighted by Crippen LogP contribution is 2.22. The maximum atomic E-state index is 12.7. The van der Waals surface area contributed by atoms with Crippen LogP contribution >= 0.6 is 23.2 Å². The molecule has 0 radical (unpaired) electrons. The van der Waals surface area contributed by atoms with Gasteiger partial charge in [-0.3, -0.25) is 9.59 Å². The third-order valence-electron chi connectivity index (χ3n) is 4.86. The second-order valence-corrected chi connectivity index (χ2v) is 7.41. The van der Waals surface area contributed by atoms with Gasteiger partial charge < -0.3 is 9.80 Å². The molecule has 1 saturated heterocycles. The number of carbonyl (C=O) groups is 2. The van der Waals surface area contributed by atoms with Crippen LogP contribution < -0.4 is 0 Å². The van der Waals surface area contributed by atoms with Crippen molar-refractivity contribution in [2.24, 2.45) is 0 Å². The lowest BCUT2D eigenvalue weighted by molar-refractivity contribution is -0.141. The number of hydrogen-bond donors (Lipinski definition) is 0. The van der Waals surface area contributed by atoms with Crippen LogP contribution in [0.15, 0.2) is 18.2 Å². The summed E-state index contributed by atoms with van der Waals surface area (Å²) in [5, 5.41) is 1.17. The minimum absolute atomic E-state index is 0.0453. The van der Waals surface area contributed by atoms with Crippen molar-refractivity contribution in [3.05, 3.63) is 33.8 Å². The normalized spacial score (nSPS) is 17.4. The highest BCUT2D eigenvalue weighted by Gasteiger charge is 2.27. The first-order valence-electron chi connectivity index (χ1n) is 8.91. The minimum atomic E-state index is -0.0940. The number of amides is 2. The molecular formula is C19H26Cl2N2O2. The highest BCUT2D eigenvalue weighted by molar-refractivity contribution is 6.35. The number of likely N-dealkylation sites (tertiary alicyclic amines) is 1. The average Bonchev–Trinajstić information content (AvgIpc) is 2.59. The molecule has 1 aliphatic rings. The van der Waals surface area contributed by atoms with Gasteiger partial charge in [0.2, 0.25) is 11.8 Å². The lowest BCUT2D eigenvalue weighted by Gasteiger charge is -2.36. The molecular weight excluding hydrogens is 359 g/mol. The number of hydrogen-bond acceptors (Lipinski definition) is 2. The molecule has 0 aliphatic carbocycles. The zero-order valence-electron chi connectivity index (χ0n) is 14.9. The molecule has 25 heavy (non-hydrogen) atoms. The molecule has 0 spiro atoms. The van der Waals surface area contributed by atoms with E-state index < -0.39 is 0 Å². The van der Waals surface area contributed by atoms with Crippen molar-refractivity contribution in [3.63, 3.8) is 0 Å². The molecule has 1 aromatic rings. The van der Waals surface area contributed by atoms with Gasteiger partial charge in [0.1, 0.15) is 0 Å². The fourth-order valence-corrected chi connectivity index (χ4v) is 3.84. The maximum Gasteiger partial charge on any atom is 0.242 e. The van der Waals surface area contributed by atoms with Gasteiger partial charge in [-0.05, 0) is 49.8 Å². The van der Waals surface area contributed by atoms with Gasteiger partial charge in [0.15, 0.2) is 0 Å². The number of benzene rings is 1. The number of nitrogens with zero attached hydrogens (tertiary/aromatic N) is 2. The predicted octanol–water partition coefficient (Wildman–Crippen LogP) is 4.18. The Bertz CT molecular complexity index is 621. The first-order valence-corrected chi connectivity index (χ1v) is 9.66. The van der Waals surface area contributed by atoms with Crippen LogP contribution in [0.2, 0.25) is 10.0 Å². The lowest BCUT2D eigenvalue weighted by Crippen LogP contribution is -2.49. The summed E-state index contributed by atoms with van der Waals surface area (Å²) in [6, 6.07) is 5.65. The van der Waals surface area contributed by atoms with Gasteiger partial charge in [0.25, 0.3) is 0 Å². The smallest absolute Gasteiger partial charge is 0.242 e. The third-order valence-corrected chi connectivity index (χ3v) is 5.44. The van der Waals surface area contributed by atoms with E-state index in [2.05, 4.69) is 6.92 Å². The molecule has 0 N–H and O–H groups in total. The Morgan fingerprint density at radius 1 is 1.28 bits per heavy atom. The molecule has 0 bridgehead atoms. The predicted molar refractivity (Wildman–Crippen MR) is 102 cm³/mol. The van der Waals surface area contributed by atoms with Gasteiger partial charge in [-0.2, -0.15) is 0 Å². The molecule has 1 heterocycles. The van der Waals surface area contributed by atoms with E-state index in [-0.39, 0.29) is 18.4 Å². The molecule has 1 unspecified atom stereocenters. The van der Waals surface area contributed by atoms with Crippen molar-refractivity contribution >= 4 is 35.0 Å². The number of rotatable bonds is 6. The van der Waals surface area contributed by atoms with Gasteiger partial charge in [-0.1, -0.05) is 36.2 Å². The van der Waals surface area contributed by atoms with Crippen molar-refractivity contribution in [2.75, 3.05) is 19.6 Å². The van der Waals surface area contributed by atoms with E-state index in [0.29, 0.717) is 29.1 Å². The van der Waals surface area contributed by atoms with Crippen LogP contribution in [0, 0.1) is 0 Å². The Hall–Kier alpha value is -1.26. The van der Waals surface area contributed by atoms with Crippen LogP contribution in [0.5, 0.6) is 0 Å². The Balaban J connectivity index is 1.98. The van der Waals surface area contributed by atoms with E-state index in [1.165, 1.54) is 13.3 Å². The van der Waals surface area contributed by atoms with Crippen molar-refractivity contribution in [1.82, 2.24) is 9.80 Å². The second-order valence-electron chi connectivity index (χ2n) is 6.57. The summed E-state index contributed by atoms with van der Waals surface area (Å²) in [6.07, 6.45) is 4.84. The molecule has 1 fully saturated rings. The van der Waals surface area contributed by atoms with Gasteiger partial charge in [0.05, 0.1) is 6.54 Å². The molecule has 0 aromatic heterocycles. The summed E-state index contributed by atoms with van der Waals surface area (Å²) in [7, 11) is 0. The van der Waals surface area contributed by atoms with Crippen LogP contribution in [-0.4, -0.2) is 47.3 Å². The Morgan fingerprint density at radius 3 is 2.68 bits per heavy atom. The van der Waals surface area contributed by atoms with Crippen LogP contribution in [0.25, 0.3) is 0 Å². The first kappa shape index (κ1) is 20.1. The average molecular weight is 385 g/mol. The molecule has 6 heteroatoms. The van der Waals surface area contributed by atoms with Crippen LogP contribution in [0.1, 0.15) is 45.1 Å². The fourth-order valence-electron chi connectivity index (χ4n) is 3.34. The molecule has 4 nitrogen and oxygen atoms in total. The van der Waals surface area contributed by atoms with E-state index in [1.54, 1.807) is 17.0 Å².